The zero-order chi connectivity index (χ0) is 17.7. The Balaban J connectivity index is 2.26. The van der Waals surface area contributed by atoms with Crippen molar-refractivity contribution in [2.45, 2.75) is 24.8 Å². The number of ether oxygens (including phenoxy) is 1. The molecule has 7 nitrogen and oxygen atoms in total. The summed E-state index contributed by atoms with van der Waals surface area (Å²) in [6.45, 7) is 3.58. The highest BCUT2D eigenvalue weighted by atomic mass is 32.2. The smallest absolute Gasteiger partial charge is 0.415 e. The first-order valence-electron chi connectivity index (χ1n) is 7.13. The maximum Gasteiger partial charge on any atom is 0.415 e. The van der Waals surface area contributed by atoms with Gasteiger partial charge in [0.2, 0.25) is 0 Å². The number of hydrogen-bond donors (Lipinski definition) is 0. The molecule has 24 heavy (non-hydrogen) atoms. The number of carbonyl (C=O) groups excluding carboxylic acids is 1. The van der Waals surface area contributed by atoms with Gasteiger partial charge in [-0.1, -0.05) is 17.7 Å². The molecule has 1 amide bonds. The van der Waals surface area contributed by atoms with Crippen LogP contribution in [0.2, 0.25) is 0 Å². The van der Waals surface area contributed by atoms with E-state index < -0.39 is 22.3 Å². The van der Waals surface area contributed by atoms with Crippen LogP contribution in [0.15, 0.2) is 53.3 Å². The Morgan fingerprint density at radius 1 is 1.33 bits per heavy atom. The molecule has 1 aliphatic rings. The van der Waals surface area contributed by atoms with E-state index >= 15 is 0 Å². The topological polar surface area (TPSA) is 96.7 Å². The van der Waals surface area contributed by atoms with Crippen molar-refractivity contribution in [2.75, 3.05) is 6.61 Å². The number of benzene rings is 1. The molecule has 0 spiro atoms. The van der Waals surface area contributed by atoms with Crippen molar-refractivity contribution >= 4 is 16.2 Å². The lowest BCUT2D eigenvalue weighted by Crippen LogP contribution is -2.39. The van der Waals surface area contributed by atoms with E-state index in [4.69, 9.17) is 8.92 Å². The molecule has 1 unspecified atom stereocenters. The molecule has 1 heterocycles. The molecular weight excluding hydrogens is 332 g/mol. The van der Waals surface area contributed by atoms with Gasteiger partial charge in [0.15, 0.2) is 11.8 Å². The minimum atomic E-state index is -4.11. The summed E-state index contributed by atoms with van der Waals surface area (Å²) in [7, 11) is -4.11. The van der Waals surface area contributed by atoms with Crippen LogP contribution in [0.5, 0.6) is 0 Å². The minimum absolute atomic E-state index is 0.0390. The van der Waals surface area contributed by atoms with Gasteiger partial charge in [-0.3, -0.25) is 4.90 Å². The average Bonchev–Trinajstić information content (AvgIpc) is 2.55. The summed E-state index contributed by atoms with van der Waals surface area (Å²) < 4.78 is 34.6. The quantitative estimate of drug-likeness (QED) is 0.776. The summed E-state index contributed by atoms with van der Waals surface area (Å²) in [4.78, 5) is 12.8. The molecule has 0 saturated carbocycles. The van der Waals surface area contributed by atoms with Gasteiger partial charge in [-0.05, 0) is 38.1 Å². The van der Waals surface area contributed by atoms with Crippen LogP contribution in [-0.2, 0) is 19.0 Å². The highest BCUT2D eigenvalue weighted by Crippen LogP contribution is 2.24. The third-order valence-corrected chi connectivity index (χ3v) is 4.43. The van der Waals surface area contributed by atoms with E-state index in [0.717, 1.165) is 10.5 Å². The van der Waals surface area contributed by atoms with E-state index in [1.54, 1.807) is 19.1 Å². The zero-order valence-electron chi connectivity index (χ0n) is 13.2. The molecule has 0 aromatic heterocycles. The van der Waals surface area contributed by atoms with Gasteiger partial charge >= 0.3 is 16.2 Å². The van der Waals surface area contributed by atoms with Crippen LogP contribution >= 0.6 is 0 Å². The summed E-state index contributed by atoms with van der Waals surface area (Å²) in [5.74, 6) is -0.173. The fraction of sp³-hybridized carbons (Fsp3) is 0.250. The maximum absolute atomic E-state index is 12.3. The van der Waals surface area contributed by atoms with Crippen molar-refractivity contribution in [2.24, 2.45) is 0 Å². The number of amides is 1. The number of rotatable bonds is 4. The van der Waals surface area contributed by atoms with Crippen molar-refractivity contribution in [3.8, 4) is 6.07 Å². The van der Waals surface area contributed by atoms with Crippen LogP contribution in [0, 0.1) is 18.3 Å². The number of carbonyl (C=O) groups is 1. The molecule has 8 heteroatoms. The second kappa shape index (κ2) is 7.19. The minimum Gasteiger partial charge on any atom is -0.449 e. The third-order valence-electron chi connectivity index (χ3n) is 3.17. The summed E-state index contributed by atoms with van der Waals surface area (Å²) in [6, 6.07) is 6.71. The monoisotopic (exact) mass is 348 g/mol. The van der Waals surface area contributed by atoms with Crippen LogP contribution in [0.1, 0.15) is 12.5 Å². The van der Waals surface area contributed by atoms with Gasteiger partial charge in [0.25, 0.3) is 0 Å². The first-order valence-corrected chi connectivity index (χ1v) is 8.54. The molecule has 1 atom stereocenters. The fourth-order valence-electron chi connectivity index (χ4n) is 1.99. The largest absolute Gasteiger partial charge is 0.449 e. The molecule has 1 aromatic carbocycles. The zero-order valence-corrected chi connectivity index (χ0v) is 14.0. The lowest BCUT2D eigenvalue weighted by Gasteiger charge is -2.26. The molecule has 2 rings (SSSR count). The third kappa shape index (κ3) is 3.75. The number of hydrogen-bond acceptors (Lipinski definition) is 6. The Labute approximate surface area is 140 Å². The first kappa shape index (κ1) is 17.6. The van der Waals surface area contributed by atoms with E-state index in [0.29, 0.717) is 0 Å². The van der Waals surface area contributed by atoms with Gasteiger partial charge in [-0.25, -0.2) is 4.79 Å². The lowest BCUT2D eigenvalue weighted by atomic mass is 10.2. The van der Waals surface area contributed by atoms with Crippen LogP contribution < -0.4 is 0 Å². The van der Waals surface area contributed by atoms with Crippen LogP contribution in [-0.4, -0.2) is 32.1 Å². The van der Waals surface area contributed by atoms with Crippen molar-refractivity contribution < 1.29 is 22.1 Å². The average molecular weight is 348 g/mol. The molecule has 0 radical (unpaired) electrons. The summed E-state index contributed by atoms with van der Waals surface area (Å²) >= 11 is 0. The van der Waals surface area contributed by atoms with E-state index in [9.17, 15) is 18.5 Å². The van der Waals surface area contributed by atoms with Gasteiger partial charge in [0.1, 0.15) is 4.90 Å². The SMILES string of the molecule is CCOC(=O)N1C=CC=C(OS(=O)(=O)c2ccc(C)cc2)C1C#N. The van der Waals surface area contributed by atoms with E-state index in [1.165, 1.54) is 30.5 Å². The Kier molecular flexibility index (Phi) is 5.26. The van der Waals surface area contributed by atoms with E-state index in [-0.39, 0.29) is 17.3 Å². The molecule has 1 aromatic rings. The van der Waals surface area contributed by atoms with Gasteiger partial charge < -0.3 is 8.92 Å². The van der Waals surface area contributed by atoms with E-state index in [1.807, 2.05) is 13.0 Å². The predicted molar refractivity (Wildman–Crippen MR) is 84.9 cm³/mol. The van der Waals surface area contributed by atoms with Crippen LogP contribution in [0.4, 0.5) is 4.79 Å². The molecule has 0 N–H and O–H groups in total. The Bertz CT molecular complexity index is 819. The number of allylic oxidation sites excluding steroid dienone is 2. The van der Waals surface area contributed by atoms with Crippen LogP contribution in [0.25, 0.3) is 0 Å². The fourth-order valence-corrected chi connectivity index (χ4v) is 2.95. The van der Waals surface area contributed by atoms with E-state index in [2.05, 4.69) is 0 Å². The molecule has 0 aliphatic carbocycles. The molecule has 0 fully saturated rings. The molecule has 1 aliphatic heterocycles. The highest BCUT2D eigenvalue weighted by molar-refractivity contribution is 7.86. The Morgan fingerprint density at radius 3 is 2.58 bits per heavy atom. The van der Waals surface area contributed by atoms with Crippen molar-refractivity contribution in [3.05, 3.63) is 53.9 Å². The van der Waals surface area contributed by atoms with Gasteiger partial charge in [0, 0.05) is 6.20 Å². The normalized spacial score (nSPS) is 17.0. The summed E-state index contributed by atoms with van der Waals surface area (Å²) in [5.41, 5.74) is 0.900. The second-order valence-corrected chi connectivity index (χ2v) is 6.45. The Morgan fingerprint density at radius 2 is 2.00 bits per heavy atom. The highest BCUT2D eigenvalue weighted by Gasteiger charge is 2.32. The van der Waals surface area contributed by atoms with Crippen molar-refractivity contribution in [1.29, 1.82) is 5.26 Å². The molecule has 126 valence electrons. The summed E-state index contributed by atoms with van der Waals surface area (Å²) in [6.07, 6.45) is 3.30. The standard InChI is InChI=1S/C16H16N2O5S/c1-3-22-16(19)18-10-4-5-15(14(18)11-17)23-24(20,21)13-8-6-12(2)7-9-13/h4-10,14H,3H2,1-2H3. The molecular formula is C16H16N2O5S. The summed E-state index contributed by atoms with van der Waals surface area (Å²) in [5, 5.41) is 9.30. The number of nitriles is 1. The second-order valence-electron chi connectivity index (χ2n) is 4.90. The van der Waals surface area contributed by atoms with Gasteiger partial charge in [0.05, 0.1) is 12.7 Å². The van der Waals surface area contributed by atoms with Crippen molar-refractivity contribution in [3.63, 3.8) is 0 Å². The lowest BCUT2D eigenvalue weighted by molar-refractivity contribution is 0.114. The van der Waals surface area contributed by atoms with Crippen LogP contribution in [0.3, 0.4) is 0 Å². The maximum atomic E-state index is 12.3. The Hall–Kier alpha value is -2.79. The number of nitrogens with zero attached hydrogens (tertiary/aromatic N) is 2. The first-order chi connectivity index (χ1) is 11.4. The van der Waals surface area contributed by atoms with Gasteiger partial charge in [-0.15, -0.1) is 0 Å². The molecule has 0 bridgehead atoms. The van der Waals surface area contributed by atoms with Gasteiger partial charge in [-0.2, -0.15) is 13.7 Å². The molecule has 0 saturated heterocycles. The van der Waals surface area contributed by atoms with Crippen molar-refractivity contribution in [1.82, 2.24) is 4.90 Å². The predicted octanol–water partition coefficient (Wildman–Crippen LogP) is 2.46. The number of aryl methyl sites for hydroxylation is 1.